The minimum atomic E-state index is -1.08. The smallest absolute Gasteiger partial charge is 0.277 e. The zero-order chi connectivity index (χ0) is 18.3. The van der Waals surface area contributed by atoms with E-state index in [2.05, 4.69) is 5.32 Å². The van der Waals surface area contributed by atoms with Crippen LogP contribution in [0.15, 0.2) is 42.1 Å². The first-order valence-corrected chi connectivity index (χ1v) is 7.79. The van der Waals surface area contributed by atoms with Crippen LogP contribution in [0.25, 0.3) is 5.57 Å². The third-order valence-corrected chi connectivity index (χ3v) is 4.22. The summed E-state index contributed by atoms with van der Waals surface area (Å²) in [5.41, 5.74) is 0.369. The molecule has 0 saturated heterocycles. The van der Waals surface area contributed by atoms with Crippen LogP contribution in [0.1, 0.15) is 5.56 Å². The second-order valence-corrected chi connectivity index (χ2v) is 6.14. The van der Waals surface area contributed by atoms with Crippen LogP contribution in [0.5, 0.6) is 0 Å². The van der Waals surface area contributed by atoms with Gasteiger partial charge in [0.25, 0.3) is 11.8 Å². The Bertz CT molecular complexity index is 944. The molecule has 25 heavy (non-hydrogen) atoms. The topological polar surface area (TPSA) is 49.4 Å². The van der Waals surface area contributed by atoms with Gasteiger partial charge in [0.15, 0.2) is 11.6 Å². The van der Waals surface area contributed by atoms with Crippen LogP contribution >= 0.6 is 23.2 Å². The first-order chi connectivity index (χ1) is 11.8. The number of amides is 2. The van der Waals surface area contributed by atoms with Gasteiger partial charge in [-0.05, 0) is 24.3 Å². The second-order valence-electron chi connectivity index (χ2n) is 5.30. The number of carbonyl (C=O) groups is 2. The summed E-state index contributed by atoms with van der Waals surface area (Å²) in [4.78, 5) is 25.7. The van der Waals surface area contributed by atoms with Crippen molar-refractivity contribution in [3.63, 3.8) is 0 Å². The summed E-state index contributed by atoms with van der Waals surface area (Å²) < 4.78 is 26.5. The van der Waals surface area contributed by atoms with Crippen molar-refractivity contribution < 1.29 is 18.4 Å². The molecule has 0 aliphatic carbocycles. The maximum atomic E-state index is 13.4. The Balaban J connectivity index is 2.13. The molecule has 0 saturated carbocycles. The standard InChI is InChI=1S/C17H10Cl2F2N2O2/c1-23-16(24)14(10-4-2-8(18)6-11(10)19)15(17(23)25)22-9-3-5-12(20)13(21)7-9/h2-7,22H,1H3. The van der Waals surface area contributed by atoms with Gasteiger partial charge >= 0.3 is 0 Å². The highest BCUT2D eigenvalue weighted by atomic mass is 35.5. The van der Waals surface area contributed by atoms with Crippen LogP contribution in [0.2, 0.25) is 10.0 Å². The minimum Gasteiger partial charge on any atom is -0.350 e. The van der Waals surface area contributed by atoms with Gasteiger partial charge in [0.05, 0.1) is 10.6 Å². The Morgan fingerprint density at radius 1 is 0.960 bits per heavy atom. The second kappa shape index (κ2) is 6.46. The number of nitrogens with zero attached hydrogens (tertiary/aromatic N) is 1. The molecule has 8 heteroatoms. The number of anilines is 1. The van der Waals surface area contributed by atoms with Gasteiger partial charge in [0.2, 0.25) is 0 Å². The molecule has 0 unspecified atom stereocenters. The lowest BCUT2D eigenvalue weighted by Crippen LogP contribution is -2.27. The average molecular weight is 383 g/mol. The van der Waals surface area contributed by atoms with E-state index < -0.39 is 23.4 Å². The van der Waals surface area contributed by atoms with E-state index in [4.69, 9.17) is 23.2 Å². The Labute approximate surface area is 151 Å². The molecule has 0 bridgehead atoms. The Morgan fingerprint density at radius 3 is 2.32 bits per heavy atom. The van der Waals surface area contributed by atoms with Crippen LogP contribution < -0.4 is 5.32 Å². The zero-order valence-electron chi connectivity index (χ0n) is 12.7. The van der Waals surface area contributed by atoms with Crippen molar-refractivity contribution in [2.24, 2.45) is 0 Å². The van der Waals surface area contributed by atoms with Crippen LogP contribution in [0, 0.1) is 11.6 Å². The van der Waals surface area contributed by atoms with Crippen LogP contribution in [0.4, 0.5) is 14.5 Å². The number of benzene rings is 2. The molecule has 1 aliphatic rings. The van der Waals surface area contributed by atoms with Gasteiger partial charge in [-0.3, -0.25) is 14.5 Å². The molecule has 4 nitrogen and oxygen atoms in total. The van der Waals surface area contributed by atoms with Crippen molar-refractivity contribution in [3.8, 4) is 0 Å². The molecule has 2 amide bonds. The van der Waals surface area contributed by atoms with E-state index in [1.54, 1.807) is 0 Å². The van der Waals surface area contributed by atoms with Crippen molar-refractivity contribution in [1.82, 2.24) is 4.90 Å². The van der Waals surface area contributed by atoms with Gasteiger partial charge in [0, 0.05) is 29.4 Å². The van der Waals surface area contributed by atoms with Crippen molar-refractivity contribution in [1.29, 1.82) is 0 Å². The molecule has 128 valence electrons. The molecular weight excluding hydrogens is 373 g/mol. The number of imide groups is 1. The first kappa shape index (κ1) is 17.4. The molecule has 0 atom stereocenters. The number of nitrogens with one attached hydrogen (secondary N) is 1. The first-order valence-electron chi connectivity index (χ1n) is 7.03. The fraction of sp³-hybridized carbons (Fsp3) is 0.0588. The normalized spacial score (nSPS) is 14.5. The largest absolute Gasteiger partial charge is 0.350 e. The maximum absolute atomic E-state index is 13.4. The van der Waals surface area contributed by atoms with E-state index >= 15 is 0 Å². The molecular formula is C17H10Cl2F2N2O2. The average Bonchev–Trinajstić information content (AvgIpc) is 2.76. The van der Waals surface area contributed by atoms with Crippen molar-refractivity contribution in [2.45, 2.75) is 0 Å². The van der Waals surface area contributed by atoms with Crippen LogP contribution in [0.3, 0.4) is 0 Å². The van der Waals surface area contributed by atoms with E-state index in [-0.39, 0.29) is 22.0 Å². The minimum absolute atomic E-state index is 0.0268. The quantitative estimate of drug-likeness (QED) is 0.813. The highest BCUT2D eigenvalue weighted by Crippen LogP contribution is 2.34. The highest BCUT2D eigenvalue weighted by Gasteiger charge is 2.37. The summed E-state index contributed by atoms with van der Waals surface area (Å²) >= 11 is 12.0. The summed E-state index contributed by atoms with van der Waals surface area (Å²) in [5.74, 6) is -3.29. The summed E-state index contributed by atoms with van der Waals surface area (Å²) in [7, 11) is 1.31. The fourth-order valence-corrected chi connectivity index (χ4v) is 2.92. The van der Waals surface area contributed by atoms with Gasteiger partial charge < -0.3 is 5.32 Å². The maximum Gasteiger partial charge on any atom is 0.277 e. The zero-order valence-corrected chi connectivity index (χ0v) is 14.3. The van der Waals surface area contributed by atoms with E-state index in [0.29, 0.717) is 10.6 Å². The molecule has 0 spiro atoms. The third kappa shape index (κ3) is 3.10. The lowest BCUT2D eigenvalue weighted by molar-refractivity contribution is -0.135. The molecule has 0 fully saturated rings. The number of hydrogen-bond donors (Lipinski definition) is 1. The van der Waals surface area contributed by atoms with Crippen LogP contribution in [-0.4, -0.2) is 23.8 Å². The van der Waals surface area contributed by atoms with Gasteiger partial charge in [0.1, 0.15) is 5.70 Å². The molecule has 0 radical (unpaired) electrons. The summed E-state index contributed by atoms with van der Waals surface area (Å²) in [6.45, 7) is 0. The van der Waals surface area contributed by atoms with E-state index in [0.717, 1.165) is 17.0 Å². The van der Waals surface area contributed by atoms with Crippen molar-refractivity contribution in [2.75, 3.05) is 12.4 Å². The Kier molecular flexibility index (Phi) is 4.49. The summed E-state index contributed by atoms with van der Waals surface area (Å²) in [6, 6.07) is 7.54. The molecule has 1 heterocycles. The number of likely N-dealkylation sites (N-methyl/N-ethyl adjacent to an activating group) is 1. The molecule has 2 aromatic rings. The molecule has 2 aromatic carbocycles. The van der Waals surface area contributed by atoms with Gasteiger partial charge in [-0.25, -0.2) is 8.78 Å². The molecule has 1 aliphatic heterocycles. The lowest BCUT2D eigenvalue weighted by atomic mass is 10.0. The van der Waals surface area contributed by atoms with Gasteiger partial charge in [-0.1, -0.05) is 29.3 Å². The molecule has 3 rings (SSSR count). The lowest BCUT2D eigenvalue weighted by Gasteiger charge is -2.09. The number of carbonyl (C=O) groups excluding carboxylic acids is 2. The molecule has 1 N–H and O–H groups in total. The van der Waals surface area contributed by atoms with Crippen molar-refractivity contribution >= 4 is 46.3 Å². The Hall–Kier alpha value is -2.44. The van der Waals surface area contributed by atoms with Crippen LogP contribution in [-0.2, 0) is 9.59 Å². The monoisotopic (exact) mass is 382 g/mol. The van der Waals surface area contributed by atoms with Crippen molar-refractivity contribution in [3.05, 3.63) is 69.3 Å². The number of rotatable bonds is 3. The Morgan fingerprint density at radius 2 is 1.68 bits per heavy atom. The van der Waals surface area contributed by atoms with E-state index in [1.165, 1.54) is 31.3 Å². The number of halogens is 4. The summed E-state index contributed by atoms with van der Waals surface area (Å²) in [6.07, 6.45) is 0. The SMILES string of the molecule is CN1C(=O)C(Nc2ccc(F)c(F)c2)=C(c2ccc(Cl)cc2Cl)C1=O. The van der Waals surface area contributed by atoms with Gasteiger partial charge in [-0.2, -0.15) is 0 Å². The van der Waals surface area contributed by atoms with E-state index in [1.807, 2.05) is 0 Å². The van der Waals surface area contributed by atoms with E-state index in [9.17, 15) is 18.4 Å². The summed E-state index contributed by atoms with van der Waals surface area (Å²) in [5, 5.41) is 3.23. The highest BCUT2D eigenvalue weighted by molar-refractivity contribution is 6.41. The molecule has 0 aromatic heterocycles. The third-order valence-electron chi connectivity index (χ3n) is 3.68. The predicted octanol–water partition coefficient (Wildman–Crippen LogP) is 4.09. The van der Waals surface area contributed by atoms with Gasteiger partial charge in [-0.15, -0.1) is 0 Å². The predicted molar refractivity (Wildman–Crippen MR) is 91.1 cm³/mol. The fourth-order valence-electron chi connectivity index (χ4n) is 2.42. The number of hydrogen-bond acceptors (Lipinski definition) is 3.